The normalized spacial score (nSPS) is 16.6. The topological polar surface area (TPSA) is 76.1 Å². The number of carbonyl (C=O) groups excluding carboxylic acids is 1. The smallest absolute Gasteiger partial charge is 0.323 e. The molecule has 1 aliphatic carbocycles. The molecule has 0 unspecified atom stereocenters. The maximum Gasteiger partial charge on any atom is 0.323 e. The van der Waals surface area contributed by atoms with Gasteiger partial charge in [-0.05, 0) is 25.0 Å². The summed E-state index contributed by atoms with van der Waals surface area (Å²) in [5, 5.41) is 8.98. The van der Waals surface area contributed by atoms with Crippen LogP contribution in [0.2, 0.25) is 0 Å². The fourth-order valence-electron chi connectivity index (χ4n) is 2.18. The molecule has 2 aliphatic rings. The molecule has 3 rings (SSSR count). The van der Waals surface area contributed by atoms with Crippen molar-refractivity contribution in [2.75, 3.05) is 24.7 Å². The third-order valence-electron chi connectivity index (χ3n) is 3.32. The number of aliphatic carboxylic acids is 1. The summed E-state index contributed by atoms with van der Waals surface area (Å²) in [5.74, 6) is -0.0394. The first-order valence-corrected chi connectivity index (χ1v) is 6.58. The Morgan fingerprint density at radius 2 is 1.90 bits per heavy atom. The van der Waals surface area contributed by atoms with E-state index >= 15 is 0 Å². The first-order chi connectivity index (χ1) is 9.65. The predicted octanol–water partition coefficient (Wildman–Crippen LogP) is 1.29. The predicted molar refractivity (Wildman–Crippen MR) is 70.1 cm³/mol. The van der Waals surface area contributed by atoms with Crippen LogP contribution in [0.4, 0.5) is 5.69 Å². The molecule has 1 amide bonds. The van der Waals surface area contributed by atoms with E-state index in [1.54, 1.807) is 18.2 Å². The summed E-state index contributed by atoms with van der Waals surface area (Å²) >= 11 is 0. The minimum absolute atomic E-state index is 0.0393. The summed E-state index contributed by atoms with van der Waals surface area (Å²) in [6.45, 7) is 0.604. The summed E-state index contributed by atoms with van der Waals surface area (Å²) in [6.07, 6.45) is 1.67. The van der Waals surface area contributed by atoms with Crippen LogP contribution >= 0.6 is 0 Å². The molecule has 6 heteroatoms. The Labute approximate surface area is 115 Å². The minimum Gasteiger partial charge on any atom is -0.486 e. The van der Waals surface area contributed by atoms with Gasteiger partial charge >= 0.3 is 5.97 Å². The van der Waals surface area contributed by atoms with Crippen molar-refractivity contribution in [3.05, 3.63) is 18.2 Å². The van der Waals surface area contributed by atoms with Crippen LogP contribution in [0.15, 0.2) is 18.2 Å². The molecule has 20 heavy (non-hydrogen) atoms. The number of rotatable bonds is 4. The fraction of sp³-hybridized carbons (Fsp3) is 0.429. The summed E-state index contributed by atoms with van der Waals surface area (Å²) in [7, 11) is 0. The molecule has 1 heterocycles. The molecule has 1 aliphatic heterocycles. The van der Waals surface area contributed by atoms with E-state index in [0.717, 1.165) is 12.8 Å². The number of carboxylic acids is 1. The maximum atomic E-state index is 12.2. The molecule has 0 spiro atoms. The highest BCUT2D eigenvalue weighted by Crippen LogP contribution is 2.37. The van der Waals surface area contributed by atoms with Crippen LogP contribution in [0, 0.1) is 5.92 Å². The second kappa shape index (κ2) is 5.03. The van der Waals surface area contributed by atoms with Gasteiger partial charge in [0.1, 0.15) is 19.8 Å². The molecule has 1 aromatic rings. The molecule has 0 radical (unpaired) electrons. The Kier molecular flexibility index (Phi) is 3.22. The van der Waals surface area contributed by atoms with E-state index in [1.807, 2.05) is 0 Å². The van der Waals surface area contributed by atoms with Crippen molar-refractivity contribution < 1.29 is 24.2 Å². The zero-order valence-corrected chi connectivity index (χ0v) is 10.9. The number of hydrogen-bond donors (Lipinski definition) is 1. The standard InChI is InChI=1S/C14H15NO5/c16-13(17)8-15(14(18)9-1-2-9)10-3-4-11-12(7-10)20-6-5-19-11/h3-4,7,9H,1-2,5-6,8H2,(H,16,17). The van der Waals surface area contributed by atoms with E-state index in [-0.39, 0.29) is 18.4 Å². The molecule has 1 aromatic carbocycles. The minimum atomic E-state index is -1.03. The highest BCUT2D eigenvalue weighted by atomic mass is 16.6. The maximum absolute atomic E-state index is 12.2. The van der Waals surface area contributed by atoms with Gasteiger partial charge in [0.15, 0.2) is 11.5 Å². The molecule has 1 fully saturated rings. The second-order valence-corrected chi connectivity index (χ2v) is 4.92. The molecule has 1 saturated carbocycles. The lowest BCUT2D eigenvalue weighted by molar-refractivity contribution is -0.136. The van der Waals surface area contributed by atoms with Gasteiger partial charge in [-0.2, -0.15) is 0 Å². The number of anilines is 1. The van der Waals surface area contributed by atoms with Gasteiger partial charge in [-0.15, -0.1) is 0 Å². The number of ether oxygens (including phenoxy) is 2. The Balaban J connectivity index is 1.89. The molecule has 0 atom stereocenters. The average Bonchev–Trinajstić information content (AvgIpc) is 3.28. The number of carboxylic acid groups (broad SMARTS) is 1. The van der Waals surface area contributed by atoms with Crippen LogP contribution in [0.3, 0.4) is 0 Å². The van der Waals surface area contributed by atoms with E-state index in [0.29, 0.717) is 30.4 Å². The number of carbonyl (C=O) groups is 2. The quantitative estimate of drug-likeness (QED) is 0.897. The van der Waals surface area contributed by atoms with Gasteiger partial charge in [0, 0.05) is 17.7 Å². The zero-order valence-electron chi connectivity index (χ0n) is 10.9. The number of benzene rings is 1. The zero-order chi connectivity index (χ0) is 14.1. The second-order valence-electron chi connectivity index (χ2n) is 4.92. The summed E-state index contributed by atoms with van der Waals surface area (Å²) in [6, 6.07) is 5.06. The number of nitrogens with zero attached hydrogens (tertiary/aromatic N) is 1. The van der Waals surface area contributed by atoms with Crippen molar-refractivity contribution in [1.82, 2.24) is 0 Å². The van der Waals surface area contributed by atoms with E-state index in [4.69, 9.17) is 14.6 Å². The van der Waals surface area contributed by atoms with Gasteiger partial charge in [0.25, 0.3) is 0 Å². The lowest BCUT2D eigenvalue weighted by Gasteiger charge is -2.24. The van der Waals surface area contributed by atoms with Crippen LogP contribution in [-0.4, -0.2) is 36.7 Å². The van der Waals surface area contributed by atoms with Crippen LogP contribution in [-0.2, 0) is 9.59 Å². The van der Waals surface area contributed by atoms with Crippen LogP contribution in [0.1, 0.15) is 12.8 Å². The van der Waals surface area contributed by atoms with E-state index in [1.165, 1.54) is 4.90 Å². The highest BCUT2D eigenvalue weighted by molar-refractivity contribution is 6.00. The van der Waals surface area contributed by atoms with Gasteiger partial charge in [-0.25, -0.2) is 0 Å². The lowest BCUT2D eigenvalue weighted by Crippen LogP contribution is -2.36. The van der Waals surface area contributed by atoms with E-state index in [9.17, 15) is 9.59 Å². The van der Waals surface area contributed by atoms with Gasteiger partial charge in [0.05, 0.1) is 0 Å². The fourth-order valence-corrected chi connectivity index (χ4v) is 2.18. The largest absolute Gasteiger partial charge is 0.486 e. The third-order valence-corrected chi connectivity index (χ3v) is 3.32. The first-order valence-electron chi connectivity index (χ1n) is 6.58. The Bertz CT molecular complexity index is 552. The molecule has 6 nitrogen and oxygen atoms in total. The molecular weight excluding hydrogens is 262 g/mol. The first kappa shape index (κ1) is 12.8. The van der Waals surface area contributed by atoms with Crippen LogP contribution in [0.25, 0.3) is 0 Å². The number of fused-ring (bicyclic) bond motifs is 1. The van der Waals surface area contributed by atoms with Crippen molar-refractivity contribution in [3.63, 3.8) is 0 Å². The molecule has 0 bridgehead atoms. The van der Waals surface area contributed by atoms with Crippen molar-refractivity contribution in [1.29, 1.82) is 0 Å². The van der Waals surface area contributed by atoms with Gasteiger partial charge in [-0.1, -0.05) is 0 Å². The van der Waals surface area contributed by atoms with Crippen LogP contribution in [0.5, 0.6) is 11.5 Å². The van der Waals surface area contributed by atoms with Crippen molar-refractivity contribution in [3.8, 4) is 11.5 Å². The Morgan fingerprint density at radius 1 is 1.20 bits per heavy atom. The Morgan fingerprint density at radius 3 is 2.55 bits per heavy atom. The molecule has 0 saturated heterocycles. The molecule has 1 N–H and O–H groups in total. The number of amides is 1. The number of hydrogen-bond acceptors (Lipinski definition) is 4. The lowest BCUT2D eigenvalue weighted by atomic mass is 10.2. The summed E-state index contributed by atoms with van der Waals surface area (Å²) in [5.41, 5.74) is 0.536. The van der Waals surface area contributed by atoms with Crippen molar-refractivity contribution in [2.24, 2.45) is 5.92 Å². The van der Waals surface area contributed by atoms with Gasteiger partial charge in [0.2, 0.25) is 5.91 Å². The summed E-state index contributed by atoms with van der Waals surface area (Å²) < 4.78 is 10.9. The van der Waals surface area contributed by atoms with E-state index in [2.05, 4.69) is 0 Å². The van der Waals surface area contributed by atoms with Crippen molar-refractivity contribution >= 4 is 17.6 Å². The molecular formula is C14H15NO5. The molecule has 0 aromatic heterocycles. The van der Waals surface area contributed by atoms with Gasteiger partial charge < -0.3 is 19.5 Å². The Hall–Kier alpha value is -2.24. The van der Waals surface area contributed by atoms with E-state index < -0.39 is 5.97 Å². The molecule has 106 valence electrons. The monoisotopic (exact) mass is 277 g/mol. The van der Waals surface area contributed by atoms with Gasteiger partial charge in [-0.3, -0.25) is 9.59 Å². The SMILES string of the molecule is O=C(O)CN(C(=O)C1CC1)c1ccc2c(c1)OCCO2. The van der Waals surface area contributed by atoms with Crippen LogP contribution < -0.4 is 14.4 Å². The highest BCUT2D eigenvalue weighted by Gasteiger charge is 2.35. The van der Waals surface area contributed by atoms with Crippen molar-refractivity contribution in [2.45, 2.75) is 12.8 Å². The third kappa shape index (κ3) is 2.54. The average molecular weight is 277 g/mol. The summed E-state index contributed by atoms with van der Waals surface area (Å²) in [4.78, 5) is 24.5.